The van der Waals surface area contributed by atoms with Crippen LogP contribution in [0.5, 0.6) is 0 Å². The molecule has 9 aromatic carbocycles. The van der Waals surface area contributed by atoms with Gasteiger partial charge in [-0.15, -0.1) is 0 Å². The molecule has 0 aliphatic heterocycles. The van der Waals surface area contributed by atoms with Gasteiger partial charge in [0.2, 0.25) is 0 Å². The second-order valence-electron chi connectivity index (χ2n) is 12.1. The van der Waals surface area contributed by atoms with Crippen LogP contribution in [-0.2, 0) is 0 Å². The summed E-state index contributed by atoms with van der Waals surface area (Å²) in [7, 11) is 0. The van der Waals surface area contributed by atoms with E-state index in [0.29, 0.717) is 0 Å². The van der Waals surface area contributed by atoms with Crippen LogP contribution in [0.1, 0.15) is 0 Å². The van der Waals surface area contributed by atoms with Gasteiger partial charge in [-0.2, -0.15) is 0 Å². The first kappa shape index (κ1) is 26.4. The summed E-state index contributed by atoms with van der Waals surface area (Å²) in [6.45, 7) is 0. The Kier molecular flexibility index (Phi) is 6.25. The van der Waals surface area contributed by atoms with Crippen LogP contribution in [0.2, 0.25) is 0 Å². The number of hydrogen-bond acceptors (Lipinski definition) is 0. The molecule has 46 heavy (non-hydrogen) atoms. The van der Waals surface area contributed by atoms with Crippen LogP contribution < -0.4 is 0 Å². The maximum atomic E-state index is 2.43. The van der Waals surface area contributed by atoms with Crippen molar-refractivity contribution >= 4 is 43.1 Å². The molecule has 9 rings (SSSR count). The maximum Gasteiger partial charge on any atom is -0.00259 e. The summed E-state index contributed by atoms with van der Waals surface area (Å²) in [4.78, 5) is 0. The molecule has 0 nitrogen and oxygen atoms in total. The van der Waals surface area contributed by atoms with Crippen LogP contribution >= 0.6 is 0 Å². The highest BCUT2D eigenvalue weighted by Gasteiger charge is 2.18. The summed E-state index contributed by atoms with van der Waals surface area (Å²) in [5.41, 5.74) is 10.0. The van der Waals surface area contributed by atoms with E-state index >= 15 is 0 Å². The van der Waals surface area contributed by atoms with Crippen LogP contribution in [0, 0.1) is 0 Å². The van der Waals surface area contributed by atoms with Crippen molar-refractivity contribution in [1.29, 1.82) is 0 Å². The van der Waals surface area contributed by atoms with Crippen LogP contribution in [0.15, 0.2) is 182 Å². The molecule has 0 heteroatoms. The van der Waals surface area contributed by atoms with Crippen molar-refractivity contribution < 1.29 is 0 Å². The first-order valence-corrected chi connectivity index (χ1v) is 15.9. The van der Waals surface area contributed by atoms with Crippen LogP contribution in [0.25, 0.3) is 87.6 Å². The molecular formula is C46H30. The molecule has 214 valence electrons. The third-order valence-electron chi connectivity index (χ3n) is 9.44. The van der Waals surface area contributed by atoms with Crippen molar-refractivity contribution in [1.82, 2.24) is 0 Å². The quantitative estimate of drug-likeness (QED) is 0.181. The zero-order chi connectivity index (χ0) is 30.5. The Labute approximate surface area is 268 Å². The van der Waals surface area contributed by atoms with Gasteiger partial charge in [0.25, 0.3) is 0 Å². The summed E-state index contributed by atoms with van der Waals surface area (Å²) in [6.07, 6.45) is 0. The van der Waals surface area contributed by atoms with Gasteiger partial charge in [-0.1, -0.05) is 170 Å². The molecule has 0 bridgehead atoms. The molecule has 0 unspecified atom stereocenters. The van der Waals surface area contributed by atoms with Gasteiger partial charge >= 0.3 is 0 Å². The highest BCUT2D eigenvalue weighted by atomic mass is 14.2. The lowest BCUT2D eigenvalue weighted by Crippen LogP contribution is -1.92. The fourth-order valence-corrected chi connectivity index (χ4v) is 7.34. The van der Waals surface area contributed by atoms with Crippen molar-refractivity contribution in [3.63, 3.8) is 0 Å². The van der Waals surface area contributed by atoms with Gasteiger partial charge in [-0.3, -0.25) is 0 Å². The number of rotatable bonds is 4. The Morgan fingerprint density at radius 3 is 1.37 bits per heavy atom. The minimum Gasteiger partial charge on any atom is -0.0622 e. The molecule has 0 aliphatic rings. The van der Waals surface area contributed by atoms with E-state index in [1.807, 2.05) is 0 Å². The average Bonchev–Trinajstić information content (AvgIpc) is 3.13. The van der Waals surface area contributed by atoms with Crippen molar-refractivity contribution in [3.8, 4) is 44.5 Å². The zero-order valence-electron chi connectivity index (χ0n) is 25.3. The van der Waals surface area contributed by atoms with E-state index in [4.69, 9.17) is 0 Å². The minimum atomic E-state index is 1.22. The molecule has 0 aromatic heterocycles. The Morgan fingerprint density at radius 2 is 0.696 bits per heavy atom. The van der Waals surface area contributed by atoms with Gasteiger partial charge in [-0.25, -0.2) is 0 Å². The SMILES string of the molecule is c1ccc(-c2ccc(-c3ccc4c(-c5ccccc5)c5ccccc5c(-c5ccc6ccccc6c5)c4c3)c3ccccc23)cc1. The molecule has 0 N–H and O–H groups in total. The summed E-state index contributed by atoms with van der Waals surface area (Å²) in [5, 5.41) is 10.1. The molecule has 0 heterocycles. The molecule has 0 aliphatic carbocycles. The van der Waals surface area contributed by atoms with E-state index in [9.17, 15) is 0 Å². The third kappa shape index (κ3) is 4.30. The second kappa shape index (κ2) is 10.9. The van der Waals surface area contributed by atoms with Crippen molar-refractivity contribution in [2.75, 3.05) is 0 Å². The highest BCUT2D eigenvalue weighted by Crippen LogP contribution is 2.46. The molecular weight excluding hydrogens is 553 g/mol. The highest BCUT2D eigenvalue weighted by molar-refractivity contribution is 6.22. The predicted octanol–water partition coefficient (Wildman–Crippen LogP) is 13.0. The molecule has 0 fully saturated rings. The van der Waals surface area contributed by atoms with E-state index < -0.39 is 0 Å². The smallest absolute Gasteiger partial charge is 0.00259 e. The Morgan fingerprint density at radius 1 is 0.217 bits per heavy atom. The van der Waals surface area contributed by atoms with Gasteiger partial charge in [0, 0.05) is 0 Å². The fraction of sp³-hybridized carbons (Fsp3) is 0. The van der Waals surface area contributed by atoms with Crippen LogP contribution in [0.4, 0.5) is 0 Å². The summed E-state index contributed by atoms with van der Waals surface area (Å²) in [5.74, 6) is 0. The van der Waals surface area contributed by atoms with E-state index in [1.165, 1.54) is 87.6 Å². The monoisotopic (exact) mass is 582 g/mol. The molecule has 0 saturated heterocycles. The summed E-state index contributed by atoms with van der Waals surface area (Å²) in [6, 6.07) is 66.6. The largest absolute Gasteiger partial charge is 0.0622 e. The lowest BCUT2D eigenvalue weighted by molar-refractivity contribution is 1.63. The van der Waals surface area contributed by atoms with E-state index in [1.54, 1.807) is 0 Å². The first-order chi connectivity index (χ1) is 22.8. The zero-order valence-corrected chi connectivity index (χ0v) is 25.3. The van der Waals surface area contributed by atoms with Gasteiger partial charge in [0.15, 0.2) is 0 Å². The van der Waals surface area contributed by atoms with Crippen LogP contribution in [0.3, 0.4) is 0 Å². The number of fused-ring (bicyclic) bond motifs is 4. The van der Waals surface area contributed by atoms with Gasteiger partial charge in [0.05, 0.1) is 0 Å². The van der Waals surface area contributed by atoms with E-state index in [-0.39, 0.29) is 0 Å². The van der Waals surface area contributed by atoms with Crippen molar-refractivity contribution in [2.24, 2.45) is 0 Å². The number of benzene rings is 9. The first-order valence-electron chi connectivity index (χ1n) is 15.9. The summed E-state index contributed by atoms with van der Waals surface area (Å²) < 4.78 is 0. The molecule has 0 atom stereocenters. The predicted molar refractivity (Wildman–Crippen MR) is 198 cm³/mol. The van der Waals surface area contributed by atoms with Crippen LogP contribution in [-0.4, -0.2) is 0 Å². The van der Waals surface area contributed by atoms with Crippen molar-refractivity contribution in [2.45, 2.75) is 0 Å². The maximum absolute atomic E-state index is 2.43. The molecule has 0 amide bonds. The lowest BCUT2D eigenvalue weighted by atomic mass is 9.84. The Hall–Kier alpha value is -5.98. The van der Waals surface area contributed by atoms with Gasteiger partial charge in [-0.05, 0) is 99.7 Å². The van der Waals surface area contributed by atoms with Crippen molar-refractivity contribution in [3.05, 3.63) is 182 Å². The third-order valence-corrected chi connectivity index (χ3v) is 9.44. The topological polar surface area (TPSA) is 0 Å². The van der Waals surface area contributed by atoms with Gasteiger partial charge < -0.3 is 0 Å². The fourth-order valence-electron chi connectivity index (χ4n) is 7.34. The summed E-state index contributed by atoms with van der Waals surface area (Å²) >= 11 is 0. The van der Waals surface area contributed by atoms with E-state index in [2.05, 4.69) is 182 Å². The Balaban J connectivity index is 1.37. The average molecular weight is 583 g/mol. The normalized spacial score (nSPS) is 11.5. The number of hydrogen-bond donors (Lipinski definition) is 0. The molecule has 0 saturated carbocycles. The lowest BCUT2D eigenvalue weighted by Gasteiger charge is -2.19. The van der Waals surface area contributed by atoms with E-state index in [0.717, 1.165) is 0 Å². The second-order valence-corrected chi connectivity index (χ2v) is 12.1. The minimum absolute atomic E-state index is 1.22. The standard InChI is InChI=1S/C46H30/c1-3-14-32(15-4-1)37-27-28-38(40-20-10-9-19-39(37)40)35-25-26-43-44(30-35)46(36-24-23-31-13-7-8-18-34(31)29-36)42-22-12-11-21-41(42)45(43)33-16-5-2-6-17-33/h1-30H. The molecule has 0 spiro atoms. The Bertz CT molecular complexity index is 2560. The molecule has 0 radical (unpaired) electrons. The van der Waals surface area contributed by atoms with Gasteiger partial charge in [0.1, 0.15) is 0 Å². The molecule has 9 aromatic rings.